The minimum Gasteiger partial charge on any atom is -0.356 e. The maximum atomic E-state index is 8.15. The summed E-state index contributed by atoms with van der Waals surface area (Å²) in [6.07, 6.45) is 0.903. The first-order valence-electron chi connectivity index (χ1n) is 2.77. The van der Waals surface area contributed by atoms with Crippen LogP contribution in [0.2, 0.25) is 0 Å². The van der Waals surface area contributed by atoms with Crippen molar-refractivity contribution in [3.63, 3.8) is 0 Å². The lowest BCUT2D eigenvalue weighted by atomic mass is 10.3. The van der Waals surface area contributed by atoms with Crippen molar-refractivity contribution in [3.05, 3.63) is 0 Å². The molecule has 0 N–H and O–H groups in total. The summed E-state index contributed by atoms with van der Waals surface area (Å²) in [5, 5.41) is 8.15. The molecule has 0 saturated carbocycles. The van der Waals surface area contributed by atoms with E-state index < -0.39 is 0 Å². The van der Waals surface area contributed by atoms with Gasteiger partial charge >= 0.3 is 0 Å². The van der Waals surface area contributed by atoms with E-state index in [1.165, 1.54) is 0 Å². The maximum absolute atomic E-state index is 8.15. The van der Waals surface area contributed by atoms with Gasteiger partial charge in [-0.05, 0) is 0 Å². The van der Waals surface area contributed by atoms with Gasteiger partial charge in [0.1, 0.15) is 0 Å². The van der Waals surface area contributed by atoms with Crippen LogP contribution in [0.4, 0.5) is 0 Å². The molecule has 52 valence electrons. The van der Waals surface area contributed by atoms with Crippen LogP contribution in [0.3, 0.4) is 0 Å². The number of nitrogens with zero attached hydrogens (tertiary/aromatic N) is 1. The molecule has 0 bridgehead atoms. The summed E-state index contributed by atoms with van der Waals surface area (Å²) < 4.78 is 9.66. The summed E-state index contributed by atoms with van der Waals surface area (Å²) in [6.45, 7) is 0. The number of hydrogen-bond donors (Lipinski definition) is 0. The predicted octanol–water partition coefficient (Wildman–Crippen LogP) is 0.909. The third-order valence-corrected chi connectivity index (χ3v) is 1.02. The molecule has 0 saturated heterocycles. The smallest absolute Gasteiger partial charge is 0.157 e. The molecule has 0 unspecified atom stereocenters. The third-order valence-electron chi connectivity index (χ3n) is 1.02. The molecule has 3 nitrogen and oxygen atoms in total. The Morgan fingerprint density at radius 3 is 2.33 bits per heavy atom. The Morgan fingerprint density at radius 1 is 1.44 bits per heavy atom. The lowest BCUT2D eigenvalue weighted by Crippen LogP contribution is -2.11. The topological polar surface area (TPSA) is 42.2 Å². The van der Waals surface area contributed by atoms with E-state index in [4.69, 9.17) is 14.7 Å². The monoisotopic (exact) mass is 129 g/mol. The van der Waals surface area contributed by atoms with Crippen LogP contribution in [0, 0.1) is 11.3 Å². The number of ether oxygens (including phenoxy) is 2. The van der Waals surface area contributed by atoms with Crippen LogP contribution in [0.5, 0.6) is 0 Å². The van der Waals surface area contributed by atoms with Crippen molar-refractivity contribution in [1.82, 2.24) is 0 Å². The highest BCUT2D eigenvalue weighted by atomic mass is 16.7. The van der Waals surface area contributed by atoms with Gasteiger partial charge in [0.15, 0.2) is 6.29 Å². The summed E-state index contributed by atoms with van der Waals surface area (Å²) in [5.74, 6) is 0. The normalized spacial score (nSPS) is 9.56. The summed E-state index contributed by atoms with van der Waals surface area (Å²) in [4.78, 5) is 0. The van der Waals surface area contributed by atoms with Crippen molar-refractivity contribution in [2.24, 2.45) is 0 Å². The molecule has 0 spiro atoms. The summed E-state index contributed by atoms with van der Waals surface area (Å²) in [7, 11) is 3.12. The van der Waals surface area contributed by atoms with Crippen molar-refractivity contribution in [3.8, 4) is 6.07 Å². The maximum Gasteiger partial charge on any atom is 0.157 e. The lowest BCUT2D eigenvalue weighted by molar-refractivity contribution is -0.105. The van der Waals surface area contributed by atoms with Crippen LogP contribution in [-0.2, 0) is 9.47 Å². The van der Waals surface area contributed by atoms with E-state index in [1.807, 2.05) is 6.07 Å². The van der Waals surface area contributed by atoms with Gasteiger partial charge in [-0.25, -0.2) is 0 Å². The van der Waals surface area contributed by atoms with Crippen molar-refractivity contribution in [1.29, 1.82) is 5.26 Å². The van der Waals surface area contributed by atoms with Crippen LogP contribution < -0.4 is 0 Å². The molecule has 9 heavy (non-hydrogen) atoms. The first-order valence-corrected chi connectivity index (χ1v) is 2.77. The average molecular weight is 129 g/mol. The molecule has 0 aromatic carbocycles. The van der Waals surface area contributed by atoms with E-state index in [0.717, 1.165) is 0 Å². The minimum atomic E-state index is -0.218. The zero-order chi connectivity index (χ0) is 7.11. The second-order valence-corrected chi connectivity index (χ2v) is 1.60. The molecule has 0 atom stereocenters. The van der Waals surface area contributed by atoms with Crippen molar-refractivity contribution < 1.29 is 9.47 Å². The molecule has 0 aromatic rings. The van der Waals surface area contributed by atoms with Crippen LogP contribution in [0.1, 0.15) is 12.8 Å². The summed E-state index contributed by atoms with van der Waals surface area (Å²) in [6, 6.07) is 2.01. The van der Waals surface area contributed by atoms with Gasteiger partial charge < -0.3 is 9.47 Å². The van der Waals surface area contributed by atoms with E-state index in [-0.39, 0.29) is 6.29 Å². The molecule has 0 aliphatic carbocycles. The highest BCUT2D eigenvalue weighted by molar-refractivity contribution is 4.68. The largest absolute Gasteiger partial charge is 0.356 e. The van der Waals surface area contributed by atoms with Gasteiger partial charge in [0.05, 0.1) is 6.07 Å². The SMILES string of the molecule is COC(CCC#N)OC. The van der Waals surface area contributed by atoms with E-state index in [0.29, 0.717) is 12.8 Å². The van der Waals surface area contributed by atoms with Crippen molar-refractivity contribution in [2.75, 3.05) is 14.2 Å². The second-order valence-electron chi connectivity index (χ2n) is 1.60. The zero-order valence-corrected chi connectivity index (χ0v) is 5.76. The predicted molar refractivity (Wildman–Crippen MR) is 32.7 cm³/mol. The molecule has 0 aromatic heterocycles. The number of methoxy groups -OCH3 is 2. The minimum absolute atomic E-state index is 0.218. The Kier molecular flexibility index (Phi) is 5.18. The molecular weight excluding hydrogens is 118 g/mol. The fourth-order valence-electron chi connectivity index (χ4n) is 0.514. The first-order chi connectivity index (χ1) is 4.35. The van der Waals surface area contributed by atoms with Gasteiger partial charge in [-0.3, -0.25) is 0 Å². The molecule has 0 radical (unpaired) electrons. The Hall–Kier alpha value is -0.590. The first kappa shape index (κ1) is 8.41. The lowest BCUT2D eigenvalue weighted by Gasteiger charge is -2.09. The summed E-state index contributed by atoms with van der Waals surface area (Å²) >= 11 is 0. The fraction of sp³-hybridized carbons (Fsp3) is 0.833. The Labute approximate surface area is 55.2 Å². The van der Waals surface area contributed by atoms with Gasteiger partial charge in [-0.2, -0.15) is 5.26 Å². The van der Waals surface area contributed by atoms with Crippen molar-refractivity contribution in [2.45, 2.75) is 19.1 Å². The third kappa shape index (κ3) is 3.95. The highest BCUT2D eigenvalue weighted by Gasteiger charge is 2.01. The zero-order valence-electron chi connectivity index (χ0n) is 5.76. The van der Waals surface area contributed by atoms with Gasteiger partial charge in [0.2, 0.25) is 0 Å². The van der Waals surface area contributed by atoms with E-state index in [1.54, 1.807) is 14.2 Å². The van der Waals surface area contributed by atoms with Crippen molar-refractivity contribution >= 4 is 0 Å². The van der Waals surface area contributed by atoms with Gasteiger partial charge in [0, 0.05) is 27.1 Å². The van der Waals surface area contributed by atoms with E-state index >= 15 is 0 Å². The van der Waals surface area contributed by atoms with Crippen LogP contribution >= 0.6 is 0 Å². The number of rotatable bonds is 4. The standard InChI is InChI=1S/C6H11NO2/c1-8-6(9-2)4-3-5-7/h6H,3-4H2,1-2H3. The van der Waals surface area contributed by atoms with Crippen LogP contribution in [-0.4, -0.2) is 20.5 Å². The molecule has 0 rings (SSSR count). The molecule has 0 heterocycles. The molecular formula is C6H11NO2. The quantitative estimate of drug-likeness (QED) is 0.530. The molecule has 0 amide bonds. The van der Waals surface area contributed by atoms with Gasteiger partial charge in [-0.1, -0.05) is 0 Å². The fourth-order valence-corrected chi connectivity index (χ4v) is 0.514. The second kappa shape index (κ2) is 5.54. The Bertz CT molecular complexity index is 93.7. The molecule has 0 fully saturated rings. The summed E-state index contributed by atoms with van der Waals surface area (Å²) in [5.41, 5.74) is 0. The van der Waals surface area contributed by atoms with E-state index in [2.05, 4.69) is 0 Å². The number of nitriles is 1. The number of hydrogen-bond acceptors (Lipinski definition) is 3. The molecule has 3 heteroatoms. The molecule has 0 aliphatic rings. The van der Waals surface area contributed by atoms with E-state index in [9.17, 15) is 0 Å². The Morgan fingerprint density at radius 2 is 2.00 bits per heavy atom. The van der Waals surface area contributed by atoms with Gasteiger partial charge in [-0.15, -0.1) is 0 Å². The highest BCUT2D eigenvalue weighted by Crippen LogP contribution is 1.99. The van der Waals surface area contributed by atoms with Gasteiger partial charge in [0.25, 0.3) is 0 Å². The average Bonchev–Trinajstić information content (AvgIpc) is 1.91. The van der Waals surface area contributed by atoms with Crippen LogP contribution in [0.25, 0.3) is 0 Å². The molecule has 0 aliphatic heterocycles. The Balaban J connectivity index is 3.22. The van der Waals surface area contributed by atoms with Crippen LogP contribution in [0.15, 0.2) is 0 Å².